The number of aromatic nitrogens is 3. The Hall–Kier alpha value is -4.56. The van der Waals surface area contributed by atoms with Gasteiger partial charge in [0.15, 0.2) is 11.6 Å². The number of aliphatic hydroxyl groups is 1. The molecule has 1 aliphatic heterocycles. The van der Waals surface area contributed by atoms with Gasteiger partial charge in [-0.1, -0.05) is 5.16 Å². The number of benzene rings is 2. The topological polar surface area (TPSA) is 146 Å². The number of carbonyl (C=O) groups is 1. The molecule has 220 valence electrons. The van der Waals surface area contributed by atoms with E-state index < -0.39 is 41.3 Å². The predicted molar refractivity (Wildman–Crippen MR) is 140 cm³/mol. The SMILES string of the molecule is COc1cc(C(=O)NC[C@@](O)(c2cc3c(c(-c4ccc(F)cc4)n2)OC[C@@]3(C)N)C(F)(F)F)ccc1-c1nc(C)no1. The van der Waals surface area contributed by atoms with Gasteiger partial charge in [-0.05, 0) is 62.4 Å². The van der Waals surface area contributed by atoms with Gasteiger partial charge in [0.1, 0.15) is 23.9 Å². The van der Waals surface area contributed by atoms with Crippen LogP contribution < -0.4 is 20.5 Å². The number of rotatable bonds is 7. The molecule has 2 aromatic carbocycles. The summed E-state index contributed by atoms with van der Waals surface area (Å²) in [6, 6.07) is 9.93. The zero-order valence-electron chi connectivity index (χ0n) is 22.5. The second-order valence-corrected chi connectivity index (χ2v) is 10.0. The number of nitrogens with zero attached hydrogens (tertiary/aromatic N) is 3. The number of methoxy groups -OCH3 is 1. The number of carbonyl (C=O) groups excluding carboxylic acids is 1. The summed E-state index contributed by atoms with van der Waals surface area (Å²) in [5.74, 6) is -0.738. The Morgan fingerprint density at radius 3 is 2.50 bits per heavy atom. The van der Waals surface area contributed by atoms with E-state index in [9.17, 15) is 27.5 Å². The molecular weight excluding hydrogens is 562 g/mol. The van der Waals surface area contributed by atoms with Crippen molar-refractivity contribution in [2.45, 2.75) is 31.2 Å². The molecule has 0 aliphatic carbocycles. The van der Waals surface area contributed by atoms with Gasteiger partial charge in [-0.15, -0.1) is 0 Å². The molecule has 0 saturated heterocycles. The van der Waals surface area contributed by atoms with Crippen LogP contribution in [0, 0.1) is 12.7 Å². The molecule has 4 N–H and O–H groups in total. The molecule has 0 radical (unpaired) electrons. The van der Waals surface area contributed by atoms with Gasteiger partial charge in [0.05, 0.1) is 30.5 Å². The molecule has 0 spiro atoms. The fourth-order valence-corrected chi connectivity index (χ4v) is 4.48. The van der Waals surface area contributed by atoms with Crippen LogP contribution in [0.2, 0.25) is 0 Å². The van der Waals surface area contributed by atoms with Crippen molar-refractivity contribution < 1.29 is 41.5 Å². The molecule has 14 heteroatoms. The lowest BCUT2D eigenvalue weighted by Crippen LogP contribution is -2.51. The molecule has 2 aromatic heterocycles. The number of fused-ring (bicyclic) bond motifs is 1. The average molecular weight is 588 g/mol. The van der Waals surface area contributed by atoms with Gasteiger partial charge in [-0.25, -0.2) is 9.37 Å². The minimum Gasteiger partial charge on any atom is -0.496 e. The van der Waals surface area contributed by atoms with Crippen molar-refractivity contribution >= 4 is 5.91 Å². The molecule has 0 bridgehead atoms. The van der Waals surface area contributed by atoms with Crippen LogP contribution in [0.3, 0.4) is 0 Å². The highest BCUT2D eigenvalue weighted by molar-refractivity contribution is 5.95. The maximum absolute atomic E-state index is 14.5. The van der Waals surface area contributed by atoms with Gasteiger partial charge in [0.25, 0.3) is 11.8 Å². The molecule has 2 atom stereocenters. The van der Waals surface area contributed by atoms with Crippen LogP contribution >= 0.6 is 0 Å². The summed E-state index contributed by atoms with van der Waals surface area (Å²) in [5, 5.41) is 17.0. The first-order valence-corrected chi connectivity index (χ1v) is 12.5. The Morgan fingerprint density at radius 1 is 1.17 bits per heavy atom. The highest BCUT2D eigenvalue weighted by atomic mass is 19.4. The molecule has 3 heterocycles. The second kappa shape index (κ2) is 10.4. The van der Waals surface area contributed by atoms with Crippen LogP contribution in [-0.2, 0) is 11.1 Å². The lowest BCUT2D eigenvalue weighted by atomic mass is 9.89. The number of amides is 1. The smallest absolute Gasteiger partial charge is 0.424 e. The molecule has 4 aromatic rings. The van der Waals surface area contributed by atoms with E-state index in [4.69, 9.17) is 19.7 Å². The van der Waals surface area contributed by atoms with Gasteiger partial charge in [-0.3, -0.25) is 4.79 Å². The van der Waals surface area contributed by atoms with E-state index in [0.29, 0.717) is 11.4 Å². The van der Waals surface area contributed by atoms with Crippen molar-refractivity contribution in [2.75, 3.05) is 20.3 Å². The number of hydrogen-bond donors (Lipinski definition) is 3. The standard InChI is InChI=1S/C28H25F4N5O5/c1-14-35-25(42-37-14)18-9-6-16(10-20(18)40-3)24(38)34-12-27(39,28(30,31)32)21-11-19-23(41-13-26(19,2)33)22(36-21)15-4-7-17(29)8-5-15/h4-11,39H,12-13,33H2,1-3H3,(H,34,38)/t26-,27-/m1/s1. The van der Waals surface area contributed by atoms with Crippen molar-refractivity contribution in [1.29, 1.82) is 0 Å². The quantitative estimate of drug-likeness (QED) is 0.273. The lowest BCUT2D eigenvalue weighted by Gasteiger charge is -2.31. The van der Waals surface area contributed by atoms with Crippen LogP contribution in [0.4, 0.5) is 17.6 Å². The molecule has 10 nitrogen and oxygen atoms in total. The minimum absolute atomic E-state index is 0.0618. The first kappa shape index (κ1) is 29.0. The van der Waals surface area contributed by atoms with E-state index >= 15 is 0 Å². The Labute approximate surface area is 236 Å². The van der Waals surface area contributed by atoms with E-state index in [2.05, 4.69) is 20.4 Å². The number of ether oxygens (including phenoxy) is 2. The lowest BCUT2D eigenvalue weighted by molar-refractivity contribution is -0.265. The molecule has 0 saturated carbocycles. The van der Waals surface area contributed by atoms with E-state index in [1.54, 1.807) is 13.8 Å². The third-order valence-electron chi connectivity index (χ3n) is 6.84. The fourth-order valence-electron chi connectivity index (χ4n) is 4.48. The van der Waals surface area contributed by atoms with Crippen molar-refractivity contribution in [2.24, 2.45) is 5.73 Å². The highest BCUT2D eigenvalue weighted by Crippen LogP contribution is 2.46. The van der Waals surface area contributed by atoms with Crippen LogP contribution in [-0.4, -0.2) is 52.6 Å². The number of halogens is 4. The van der Waals surface area contributed by atoms with Crippen molar-refractivity contribution in [3.05, 3.63) is 77.0 Å². The Bertz CT molecular complexity index is 1660. The Kier molecular flexibility index (Phi) is 7.15. The number of nitrogens with two attached hydrogens (primary N) is 1. The molecule has 42 heavy (non-hydrogen) atoms. The van der Waals surface area contributed by atoms with Crippen LogP contribution in [0.25, 0.3) is 22.7 Å². The average Bonchev–Trinajstić information content (AvgIpc) is 3.52. The van der Waals surface area contributed by atoms with Gasteiger partial charge in [0.2, 0.25) is 5.60 Å². The maximum Gasteiger partial charge on any atom is 0.424 e. The largest absolute Gasteiger partial charge is 0.496 e. The minimum atomic E-state index is -5.29. The highest BCUT2D eigenvalue weighted by Gasteiger charge is 2.57. The third kappa shape index (κ3) is 5.14. The number of alkyl halides is 3. The number of nitrogens with one attached hydrogen (secondary N) is 1. The molecule has 0 fully saturated rings. The van der Waals surface area contributed by atoms with Crippen molar-refractivity contribution in [1.82, 2.24) is 20.4 Å². The van der Waals surface area contributed by atoms with E-state index in [1.807, 2.05) is 0 Å². The summed E-state index contributed by atoms with van der Waals surface area (Å²) >= 11 is 0. The Morgan fingerprint density at radius 2 is 1.88 bits per heavy atom. The first-order chi connectivity index (χ1) is 19.7. The van der Waals surface area contributed by atoms with Crippen molar-refractivity contribution in [3.63, 3.8) is 0 Å². The third-order valence-corrected chi connectivity index (χ3v) is 6.84. The molecule has 1 aliphatic rings. The molecule has 5 rings (SSSR count). The fraction of sp³-hybridized carbons (Fsp3) is 0.286. The van der Waals surface area contributed by atoms with Crippen LogP contribution in [0.15, 0.2) is 53.1 Å². The summed E-state index contributed by atoms with van der Waals surface area (Å²) in [6.45, 7) is 1.81. The summed E-state index contributed by atoms with van der Waals surface area (Å²) in [7, 11) is 1.33. The zero-order chi connectivity index (χ0) is 30.4. The van der Waals surface area contributed by atoms with Gasteiger partial charge in [0, 0.05) is 16.7 Å². The Balaban J connectivity index is 1.50. The van der Waals surface area contributed by atoms with E-state index in [0.717, 1.165) is 18.2 Å². The summed E-state index contributed by atoms with van der Waals surface area (Å²) in [6.07, 6.45) is -5.29. The van der Waals surface area contributed by atoms with E-state index in [-0.39, 0.29) is 46.4 Å². The molecular formula is C28H25F4N5O5. The monoisotopic (exact) mass is 587 g/mol. The predicted octanol–water partition coefficient (Wildman–Crippen LogP) is 4.00. The molecule has 1 amide bonds. The van der Waals surface area contributed by atoms with E-state index in [1.165, 1.54) is 37.4 Å². The first-order valence-electron chi connectivity index (χ1n) is 12.5. The summed E-state index contributed by atoms with van der Waals surface area (Å²) in [4.78, 5) is 21.2. The summed E-state index contributed by atoms with van der Waals surface area (Å²) < 4.78 is 73.3. The number of pyridine rings is 1. The van der Waals surface area contributed by atoms with Crippen molar-refractivity contribution in [3.8, 4) is 34.2 Å². The second-order valence-electron chi connectivity index (χ2n) is 10.0. The van der Waals surface area contributed by atoms with Crippen LogP contribution in [0.1, 0.15) is 34.4 Å². The van der Waals surface area contributed by atoms with Crippen LogP contribution in [0.5, 0.6) is 11.5 Å². The maximum atomic E-state index is 14.5. The van der Waals surface area contributed by atoms with Gasteiger partial charge in [-0.2, -0.15) is 18.2 Å². The number of aryl methyl sites for hydroxylation is 1. The normalized spacial score (nSPS) is 17.7. The zero-order valence-corrected chi connectivity index (χ0v) is 22.5. The van der Waals surface area contributed by atoms with Gasteiger partial charge < -0.3 is 30.2 Å². The number of hydrogen-bond acceptors (Lipinski definition) is 9. The summed E-state index contributed by atoms with van der Waals surface area (Å²) in [5.41, 5.74) is 1.25. The molecule has 0 unspecified atom stereocenters. The van der Waals surface area contributed by atoms with Gasteiger partial charge >= 0.3 is 6.18 Å².